The molecule has 4 heteroatoms. The molecule has 2 aromatic rings. The Kier molecular flexibility index (Phi) is 3.10. The van der Waals surface area contributed by atoms with E-state index < -0.39 is 11.2 Å². The summed E-state index contributed by atoms with van der Waals surface area (Å²) >= 11 is 0. The minimum atomic E-state index is -0.473. The average Bonchev–Trinajstić information content (AvgIpc) is 2.47. The maximum Gasteiger partial charge on any atom is 0.220 e. The lowest BCUT2D eigenvalue weighted by Crippen LogP contribution is -1.95. The van der Waals surface area contributed by atoms with Crippen LogP contribution in [-0.2, 0) is 0 Å². The molecule has 2 rings (SSSR count). The molecule has 1 heterocycles. The molecular weight excluding hydrogens is 233 g/mol. The lowest BCUT2D eigenvalue weighted by molar-refractivity contribution is 0.471. The first kappa shape index (κ1) is 12.2. The molecule has 0 amide bonds. The van der Waals surface area contributed by atoms with Crippen molar-refractivity contribution in [2.45, 2.75) is 13.8 Å². The van der Waals surface area contributed by atoms with Gasteiger partial charge in [-0.25, -0.2) is 4.39 Å². The third-order valence-corrected chi connectivity index (χ3v) is 2.72. The fourth-order valence-electron chi connectivity index (χ4n) is 1.75. The van der Waals surface area contributed by atoms with E-state index in [-0.39, 0.29) is 5.75 Å². The van der Waals surface area contributed by atoms with Crippen LogP contribution in [0.3, 0.4) is 0 Å². The molecule has 0 radical (unpaired) electrons. The summed E-state index contributed by atoms with van der Waals surface area (Å²) in [6, 6.07) is 7.10. The van der Waals surface area contributed by atoms with Crippen molar-refractivity contribution >= 4 is 0 Å². The number of aryl methyl sites for hydroxylation is 2. The Morgan fingerprint density at radius 2 is 1.89 bits per heavy atom. The van der Waals surface area contributed by atoms with Crippen molar-refractivity contribution in [1.82, 2.24) is 4.98 Å². The maximum absolute atomic E-state index is 13.5. The predicted octanol–water partition coefficient (Wildman–Crippen LogP) is 2.57. The number of halogens is 1. The van der Waals surface area contributed by atoms with Crippen LogP contribution < -0.4 is 5.43 Å². The zero-order valence-corrected chi connectivity index (χ0v) is 10.1. The molecule has 0 spiro atoms. The lowest BCUT2D eigenvalue weighted by Gasteiger charge is -2.06. The Balaban J connectivity index is 2.70. The summed E-state index contributed by atoms with van der Waals surface area (Å²) in [7, 11) is 0. The van der Waals surface area contributed by atoms with E-state index in [9.17, 15) is 14.3 Å². The normalized spacial score (nSPS) is 10.4. The third-order valence-electron chi connectivity index (χ3n) is 2.72. The minimum Gasteiger partial charge on any atom is -0.504 e. The van der Waals surface area contributed by atoms with E-state index in [1.54, 1.807) is 19.9 Å². The molecule has 0 aliphatic carbocycles. The Morgan fingerprint density at radius 1 is 1.17 bits per heavy atom. The zero-order valence-electron chi connectivity index (χ0n) is 10.1. The molecule has 92 valence electrons. The van der Waals surface area contributed by atoms with E-state index in [0.717, 1.165) is 0 Å². The summed E-state index contributed by atoms with van der Waals surface area (Å²) in [5.74, 6) is -0.778. The molecule has 0 atom stereocenters. The number of aromatic nitrogens is 1. The van der Waals surface area contributed by atoms with E-state index in [2.05, 4.69) is 4.98 Å². The zero-order chi connectivity index (χ0) is 13.3. The Hall–Kier alpha value is -2.23. The van der Waals surface area contributed by atoms with Crippen LogP contribution in [-0.4, -0.2) is 10.1 Å². The molecule has 0 aliphatic heterocycles. The number of hydrogen-bond acceptors (Lipinski definition) is 3. The monoisotopic (exact) mass is 245 g/mol. The smallest absolute Gasteiger partial charge is 0.220 e. The highest BCUT2D eigenvalue weighted by Gasteiger charge is 2.08. The summed E-state index contributed by atoms with van der Waals surface area (Å²) in [4.78, 5) is 15.4. The van der Waals surface area contributed by atoms with Gasteiger partial charge in [-0.05, 0) is 37.6 Å². The molecule has 1 aromatic heterocycles. The second kappa shape index (κ2) is 4.56. The van der Waals surface area contributed by atoms with Crippen molar-refractivity contribution < 1.29 is 9.50 Å². The fraction of sp³-hybridized carbons (Fsp3) is 0.143. The number of pyridine rings is 1. The first-order valence-electron chi connectivity index (χ1n) is 5.46. The van der Waals surface area contributed by atoms with Crippen LogP contribution in [0.15, 0.2) is 35.1 Å². The van der Waals surface area contributed by atoms with Gasteiger partial charge in [0.05, 0.1) is 5.69 Å². The second-order valence-corrected chi connectivity index (χ2v) is 4.06. The van der Waals surface area contributed by atoms with Crippen LogP contribution in [0.5, 0.6) is 5.75 Å². The fourth-order valence-corrected chi connectivity index (χ4v) is 1.75. The summed E-state index contributed by atoms with van der Waals surface area (Å²) in [6.07, 6.45) is 0. The summed E-state index contributed by atoms with van der Waals surface area (Å²) in [6.45, 7) is 3.34. The van der Waals surface area contributed by atoms with Crippen LogP contribution in [0.25, 0.3) is 11.1 Å². The van der Waals surface area contributed by atoms with E-state index in [4.69, 9.17) is 0 Å². The highest BCUT2D eigenvalue weighted by molar-refractivity contribution is 5.66. The minimum absolute atomic E-state index is 0.324. The van der Waals surface area contributed by atoms with E-state index in [1.807, 2.05) is 0 Å². The van der Waals surface area contributed by atoms with Gasteiger partial charge in [0.2, 0.25) is 5.43 Å². The SMILES string of the molecule is Cc1nc(C)c(-c2cccc(=O)c(O)c2)cc1F. The van der Waals surface area contributed by atoms with Gasteiger partial charge < -0.3 is 5.11 Å². The standard InChI is InChI=1S/C14H12FNO2/c1-8-11(7-12(15)9(2)16-8)10-4-3-5-13(17)14(18)6-10/h3-7H,1-2H3,(H,17,18). The number of hydrogen-bond donors (Lipinski definition) is 1. The first-order valence-corrected chi connectivity index (χ1v) is 5.46. The average molecular weight is 245 g/mol. The van der Waals surface area contributed by atoms with Crippen LogP contribution >= 0.6 is 0 Å². The van der Waals surface area contributed by atoms with Gasteiger partial charge in [-0.2, -0.15) is 0 Å². The first-order chi connectivity index (χ1) is 8.49. The third kappa shape index (κ3) is 2.22. The van der Waals surface area contributed by atoms with Crippen LogP contribution in [0, 0.1) is 19.7 Å². The molecule has 0 aliphatic rings. The molecule has 18 heavy (non-hydrogen) atoms. The van der Waals surface area contributed by atoms with Crippen LogP contribution in [0.2, 0.25) is 0 Å². The van der Waals surface area contributed by atoms with Gasteiger partial charge in [0.1, 0.15) is 5.82 Å². The van der Waals surface area contributed by atoms with Gasteiger partial charge in [-0.15, -0.1) is 0 Å². The van der Waals surface area contributed by atoms with E-state index in [0.29, 0.717) is 22.5 Å². The van der Waals surface area contributed by atoms with Crippen LogP contribution in [0.4, 0.5) is 4.39 Å². The Labute approximate surface area is 104 Å². The van der Waals surface area contributed by atoms with Crippen molar-refractivity contribution in [3.05, 3.63) is 57.8 Å². The van der Waals surface area contributed by atoms with Crippen LogP contribution in [0.1, 0.15) is 11.4 Å². The molecule has 0 saturated carbocycles. The van der Waals surface area contributed by atoms with Crippen molar-refractivity contribution in [3.63, 3.8) is 0 Å². The highest BCUT2D eigenvalue weighted by atomic mass is 19.1. The molecule has 3 nitrogen and oxygen atoms in total. The largest absolute Gasteiger partial charge is 0.504 e. The van der Waals surface area contributed by atoms with Crippen molar-refractivity contribution in [2.24, 2.45) is 0 Å². The van der Waals surface area contributed by atoms with Crippen molar-refractivity contribution in [3.8, 4) is 16.9 Å². The highest BCUT2D eigenvalue weighted by Crippen LogP contribution is 2.24. The maximum atomic E-state index is 13.5. The Bertz CT molecular complexity index is 668. The second-order valence-electron chi connectivity index (χ2n) is 4.06. The number of nitrogens with zero attached hydrogens (tertiary/aromatic N) is 1. The van der Waals surface area contributed by atoms with E-state index in [1.165, 1.54) is 24.3 Å². The number of aromatic hydroxyl groups is 1. The predicted molar refractivity (Wildman–Crippen MR) is 67.0 cm³/mol. The summed E-state index contributed by atoms with van der Waals surface area (Å²) in [5, 5.41) is 9.51. The van der Waals surface area contributed by atoms with Gasteiger partial charge in [0.15, 0.2) is 5.75 Å². The summed E-state index contributed by atoms with van der Waals surface area (Å²) in [5.41, 5.74) is 1.61. The quantitative estimate of drug-likeness (QED) is 0.840. The van der Waals surface area contributed by atoms with Gasteiger partial charge in [0, 0.05) is 11.3 Å². The van der Waals surface area contributed by atoms with Gasteiger partial charge in [0.25, 0.3) is 0 Å². The molecule has 0 bridgehead atoms. The molecular formula is C14H12FNO2. The van der Waals surface area contributed by atoms with Gasteiger partial charge >= 0.3 is 0 Å². The molecule has 0 unspecified atom stereocenters. The molecule has 1 aromatic carbocycles. The molecule has 1 N–H and O–H groups in total. The van der Waals surface area contributed by atoms with E-state index >= 15 is 0 Å². The number of rotatable bonds is 1. The molecule has 0 saturated heterocycles. The van der Waals surface area contributed by atoms with Gasteiger partial charge in [-0.1, -0.05) is 12.1 Å². The van der Waals surface area contributed by atoms with Crippen molar-refractivity contribution in [2.75, 3.05) is 0 Å². The summed E-state index contributed by atoms with van der Waals surface area (Å²) < 4.78 is 13.5. The molecule has 0 fully saturated rings. The lowest BCUT2D eigenvalue weighted by atomic mass is 10.1. The topological polar surface area (TPSA) is 50.2 Å². The Morgan fingerprint density at radius 3 is 2.61 bits per heavy atom. The van der Waals surface area contributed by atoms with Gasteiger partial charge in [-0.3, -0.25) is 9.78 Å². The van der Waals surface area contributed by atoms with Crippen molar-refractivity contribution in [1.29, 1.82) is 0 Å².